The molecular formula is C10H19NO3. The van der Waals surface area contributed by atoms with Gasteiger partial charge in [0.05, 0.1) is 6.61 Å². The second kappa shape index (κ2) is 5.65. The van der Waals surface area contributed by atoms with Crippen molar-refractivity contribution in [1.29, 1.82) is 0 Å². The molecule has 0 fully saturated rings. The molecule has 0 radical (unpaired) electrons. The third kappa shape index (κ3) is 7.61. The smallest absolute Gasteiger partial charge is 0.409 e. The first-order valence-corrected chi connectivity index (χ1v) is 4.57. The van der Waals surface area contributed by atoms with Gasteiger partial charge in [-0.15, -0.1) is 6.58 Å². The average Bonchev–Trinajstić information content (AvgIpc) is 1.96. The molecule has 0 aromatic heterocycles. The maximum absolute atomic E-state index is 11.2. The van der Waals surface area contributed by atoms with Crippen molar-refractivity contribution in [2.75, 3.05) is 6.61 Å². The zero-order valence-electron chi connectivity index (χ0n) is 9.29. The van der Waals surface area contributed by atoms with E-state index in [1.54, 1.807) is 13.0 Å². The molecule has 0 saturated carbocycles. The highest BCUT2D eigenvalue weighted by Crippen LogP contribution is 2.06. The van der Waals surface area contributed by atoms with Gasteiger partial charge in [0.15, 0.2) is 0 Å². The van der Waals surface area contributed by atoms with Gasteiger partial charge in [-0.3, -0.25) is 5.32 Å². The van der Waals surface area contributed by atoms with E-state index in [1.807, 2.05) is 20.8 Å². The van der Waals surface area contributed by atoms with Crippen LogP contribution in [0.15, 0.2) is 12.7 Å². The van der Waals surface area contributed by atoms with Crippen LogP contribution in [-0.2, 0) is 9.47 Å². The normalized spacial score (nSPS) is 13.1. The van der Waals surface area contributed by atoms with Crippen LogP contribution < -0.4 is 5.32 Å². The van der Waals surface area contributed by atoms with Crippen molar-refractivity contribution in [3.8, 4) is 0 Å². The van der Waals surface area contributed by atoms with Crippen LogP contribution in [0.1, 0.15) is 27.7 Å². The van der Waals surface area contributed by atoms with Gasteiger partial charge in [0.25, 0.3) is 0 Å². The maximum atomic E-state index is 11.2. The SMILES string of the molecule is C=CCO[C@H](C)NC(=O)OC(C)(C)C. The Morgan fingerprint density at radius 2 is 2.14 bits per heavy atom. The molecule has 4 heteroatoms. The predicted octanol–water partition coefficient (Wildman–Crippen LogP) is 2.06. The Kier molecular flexibility index (Phi) is 5.23. The summed E-state index contributed by atoms with van der Waals surface area (Å²) >= 11 is 0. The van der Waals surface area contributed by atoms with Crippen LogP contribution in [0.4, 0.5) is 4.79 Å². The van der Waals surface area contributed by atoms with Crippen LogP contribution in [-0.4, -0.2) is 24.5 Å². The zero-order valence-corrected chi connectivity index (χ0v) is 9.29. The fourth-order valence-corrected chi connectivity index (χ4v) is 0.728. The summed E-state index contributed by atoms with van der Waals surface area (Å²) < 4.78 is 10.2. The van der Waals surface area contributed by atoms with Crippen molar-refractivity contribution in [1.82, 2.24) is 5.32 Å². The van der Waals surface area contributed by atoms with Gasteiger partial charge >= 0.3 is 6.09 Å². The first-order valence-electron chi connectivity index (χ1n) is 4.57. The number of carbonyl (C=O) groups excluding carboxylic acids is 1. The Labute approximate surface area is 85.3 Å². The number of alkyl carbamates (subject to hydrolysis) is 1. The lowest BCUT2D eigenvalue weighted by Gasteiger charge is -2.21. The Balaban J connectivity index is 3.76. The minimum Gasteiger partial charge on any atom is -0.444 e. The fraction of sp³-hybridized carbons (Fsp3) is 0.700. The Hall–Kier alpha value is -1.03. The largest absolute Gasteiger partial charge is 0.444 e. The molecule has 4 nitrogen and oxygen atoms in total. The molecule has 0 aliphatic rings. The second-order valence-corrected chi connectivity index (χ2v) is 3.91. The van der Waals surface area contributed by atoms with Gasteiger partial charge in [-0.25, -0.2) is 4.79 Å². The van der Waals surface area contributed by atoms with Crippen molar-refractivity contribution < 1.29 is 14.3 Å². The number of hydrogen-bond donors (Lipinski definition) is 1. The van der Waals surface area contributed by atoms with Crippen molar-refractivity contribution in [2.45, 2.75) is 39.5 Å². The summed E-state index contributed by atoms with van der Waals surface area (Å²) in [6, 6.07) is 0. The van der Waals surface area contributed by atoms with Gasteiger partial charge in [0.1, 0.15) is 11.8 Å². The molecule has 0 aromatic carbocycles. The van der Waals surface area contributed by atoms with Crippen LogP contribution in [0.5, 0.6) is 0 Å². The van der Waals surface area contributed by atoms with Crippen LogP contribution in [0.3, 0.4) is 0 Å². The average molecular weight is 201 g/mol. The Bertz CT molecular complexity index is 196. The molecule has 0 unspecified atom stereocenters. The summed E-state index contributed by atoms with van der Waals surface area (Å²) in [5, 5.41) is 2.54. The molecule has 82 valence electrons. The minimum atomic E-state index is -0.484. The van der Waals surface area contributed by atoms with Crippen LogP contribution >= 0.6 is 0 Å². The standard InChI is InChI=1S/C10H19NO3/c1-6-7-13-8(2)11-9(12)14-10(3,4)5/h6,8H,1,7H2,2-5H3,(H,11,12)/t8-/m1/s1. The van der Waals surface area contributed by atoms with Gasteiger partial charge in [-0.05, 0) is 27.7 Å². The van der Waals surface area contributed by atoms with E-state index >= 15 is 0 Å². The van der Waals surface area contributed by atoms with Gasteiger partial charge in [0, 0.05) is 0 Å². The molecule has 14 heavy (non-hydrogen) atoms. The number of carbonyl (C=O) groups is 1. The van der Waals surface area contributed by atoms with E-state index in [2.05, 4.69) is 11.9 Å². The molecule has 0 bridgehead atoms. The topological polar surface area (TPSA) is 47.6 Å². The molecule has 1 amide bonds. The predicted molar refractivity (Wildman–Crippen MR) is 55.0 cm³/mol. The highest BCUT2D eigenvalue weighted by Gasteiger charge is 2.17. The van der Waals surface area contributed by atoms with E-state index in [-0.39, 0.29) is 6.23 Å². The van der Waals surface area contributed by atoms with Crippen molar-refractivity contribution in [3.63, 3.8) is 0 Å². The highest BCUT2D eigenvalue weighted by atomic mass is 16.6. The molecule has 0 spiro atoms. The summed E-state index contributed by atoms with van der Waals surface area (Å²) in [5.74, 6) is 0. The van der Waals surface area contributed by atoms with Crippen LogP contribution in [0, 0.1) is 0 Å². The molecular weight excluding hydrogens is 182 g/mol. The summed E-state index contributed by atoms with van der Waals surface area (Å²) in [4.78, 5) is 11.2. The third-order valence-corrected chi connectivity index (χ3v) is 1.18. The molecule has 0 aliphatic heterocycles. The first kappa shape index (κ1) is 13.0. The van der Waals surface area contributed by atoms with Gasteiger partial charge < -0.3 is 9.47 Å². The van der Waals surface area contributed by atoms with Gasteiger partial charge in [-0.1, -0.05) is 6.08 Å². The number of nitrogens with one attached hydrogen (secondary N) is 1. The summed E-state index contributed by atoms with van der Waals surface area (Å²) in [6.07, 6.45) is 0.768. The lowest BCUT2D eigenvalue weighted by atomic mass is 10.2. The van der Waals surface area contributed by atoms with E-state index in [4.69, 9.17) is 9.47 Å². The number of rotatable bonds is 4. The fourth-order valence-electron chi connectivity index (χ4n) is 0.728. The zero-order chi connectivity index (χ0) is 11.2. The van der Waals surface area contributed by atoms with Crippen molar-refractivity contribution >= 4 is 6.09 Å². The molecule has 0 aromatic rings. The second-order valence-electron chi connectivity index (χ2n) is 3.91. The third-order valence-electron chi connectivity index (χ3n) is 1.18. The van der Waals surface area contributed by atoms with E-state index in [1.165, 1.54) is 0 Å². The molecule has 1 atom stereocenters. The Morgan fingerprint density at radius 3 is 2.57 bits per heavy atom. The molecule has 1 N–H and O–H groups in total. The molecule has 0 aliphatic carbocycles. The van der Waals surface area contributed by atoms with E-state index in [9.17, 15) is 4.79 Å². The van der Waals surface area contributed by atoms with Crippen molar-refractivity contribution in [2.24, 2.45) is 0 Å². The summed E-state index contributed by atoms with van der Waals surface area (Å²) in [5.41, 5.74) is -0.484. The summed E-state index contributed by atoms with van der Waals surface area (Å²) in [6.45, 7) is 11.1. The van der Waals surface area contributed by atoms with E-state index in [0.717, 1.165) is 0 Å². The lowest BCUT2D eigenvalue weighted by Crippen LogP contribution is -2.38. The van der Waals surface area contributed by atoms with Gasteiger partial charge in [-0.2, -0.15) is 0 Å². The quantitative estimate of drug-likeness (QED) is 0.559. The van der Waals surface area contributed by atoms with Gasteiger partial charge in [0.2, 0.25) is 0 Å². The monoisotopic (exact) mass is 201 g/mol. The van der Waals surface area contributed by atoms with E-state index in [0.29, 0.717) is 6.61 Å². The number of hydrogen-bond acceptors (Lipinski definition) is 3. The number of ether oxygens (including phenoxy) is 2. The highest BCUT2D eigenvalue weighted by molar-refractivity contribution is 5.67. The maximum Gasteiger partial charge on any atom is 0.409 e. The minimum absolute atomic E-state index is 0.372. The summed E-state index contributed by atoms with van der Waals surface area (Å²) in [7, 11) is 0. The lowest BCUT2D eigenvalue weighted by molar-refractivity contribution is 0.0212. The number of amides is 1. The molecule has 0 saturated heterocycles. The van der Waals surface area contributed by atoms with Crippen LogP contribution in [0.2, 0.25) is 0 Å². The van der Waals surface area contributed by atoms with Crippen LogP contribution in [0.25, 0.3) is 0 Å². The molecule has 0 heterocycles. The molecule has 0 rings (SSSR count). The van der Waals surface area contributed by atoms with E-state index < -0.39 is 11.7 Å². The Morgan fingerprint density at radius 1 is 1.57 bits per heavy atom. The van der Waals surface area contributed by atoms with Crippen molar-refractivity contribution in [3.05, 3.63) is 12.7 Å². The first-order chi connectivity index (χ1) is 6.35.